The average molecular weight is 399 g/mol. The number of anilines is 1. The van der Waals surface area contributed by atoms with Crippen LogP contribution >= 0.6 is 0 Å². The van der Waals surface area contributed by atoms with Crippen LogP contribution in [0.1, 0.15) is 39.6 Å². The predicted molar refractivity (Wildman–Crippen MR) is 103 cm³/mol. The summed E-state index contributed by atoms with van der Waals surface area (Å²) in [4.78, 5) is 44.5. The monoisotopic (exact) mass is 399 g/mol. The normalized spacial score (nSPS) is 16.3. The molecule has 3 amide bonds. The summed E-state index contributed by atoms with van der Waals surface area (Å²) in [6, 6.07) is 5.64. The summed E-state index contributed by atoms with van der Waals surface area (Å²) in [6.45, 7) is 2.46. The number of aromatic nitrogens is 2. The van der Waals surface area contributed by atoms with Crippen molar-refractivity contribution in [2.45, 2.75) is 25.8 Å². The Hall–Kier alpha value is -3.23. The highest BCUT2D eigenvalue weighted by atomic mass is 19.1. The zero-order valence-corrected chi connectivity index (χ0v) is 15.9. The van der Waals surface area contributed by atoms with Crippen LogP contribution in [0.2, 0.25) is 0 Å². The molecule has 0 atom stereocenters. The minimum Gasteiger partial charge on any atom is -0.342 e. The van der Waals surface area contributed by atoms with Crippen LogP contribution in [0.25, 0.3) is 0 Å². The van der Waals surface area contributed by atoms with E-state index in [1.54, 1.807) is 20.4 Å². The van der Waals surface area contributed by atoms with Crippen molar-refractivity contribution in [3.05, 3.63) is 47.3 Å². The van der Waals surface area contributed by atoms with Gasteiger partial charge in [0.25, 0.3) is 11.8 Å². The lowest BCUT2D eigenvalue weighted by Gasteiger charge is -2.32. The number of rotatable bonds is 4. The smallest absolute Gasteiger partial charge is 0.291 e. The van der Waals surface area contributed by atoms with E-state index >= 15 is 0 Å². The Labute approximate surface area is 167 Å². The topological polar surface area (TPSA) is 87.5 Å². The fourth-order valence-corrected chi connectivity index (χ4v) is 3.82. The van der Waals surface area contributed by atoms with E-state index in [4.69, 9.17) is 0 Å². The molecule has 1 fully saturated rings. The molecular formula is C20H22FN5O3. The van der Waals surface area contributed by atoms with Crippen LogP contribution in [0.5, 0.6) is 0 Å². The van der Waals surface area contributed by atoms with E-state index < -0.39 is 11.7 Å². The Morgan fingerprint density at radius 3 is 2.62 bits per heavy atom. The minimum atomic E-state index is -0.469. The molecule has 2 aromatic rings. The molecule has 3 heterocycles. The molecule has 0 saturated carbocycles. The molecule has 1 N–H and O–H groups in total. The van der Waals surface area contributed by atoms with Crippen LogP contribution in [0, 0.1) is 5.82 Å². The van der Waals surface area contributed by atoms with Gasteiger partial charge in [0, 0.05) is 38.4 Å². The van der Waals surface area contributed by atoms with Crippen LogP contribution in [0.4, 0.5) is 10.1 Å². The fraction of sp³-hybridized carbons (Fsp3) is 0.400. The summed E-state index contributed by atoms with van der Waals surface area (Å²) >= 11 is 0. The van der Waals surface area contributed by atoms with Crippen LogP contribution < -0.4 is 5.32 Å². The molecule has 2 aliphatic rings. The zero-order chi connectivity index (χ0) is 20.4. The number of amides is 3. The third kappa shape index (κ3) is 3.85. The van der Waals surface area contributed by atoms with E-state index in [1.165, 1.54) is 18.2 Å². The molecule has 0 radical (unpaired) electrons. The van der Waals surface area contributed by atoms with Crippen LogP contribution in [-0.2, 0) is 17.8 Å². The second-order valence-electron chi connectivity index (χ2n) is 7.24. The number of imidazole rings is 1. The Balaban J connectivity index is 1.59. The van der Waals surface area contributed by atoms with Gasteiger partial charge in [0.2, 0.25) is 6.41 Å². The van der Waals surface area contributed by atoms with Gasteiger partial charge in [-0.05, 0) is 37.5 Å². The van der Waals surface area contributed by atoms with Crippen molar-refractivity contribution in [3.8, 4) is 0 Å². The molecule has 1 aromatic carbocycles. The maximum absolute atomic E-state index is 13.4. The Morgan fingerprint density at radius 2 is 1.90 bits per heavy atom. The first-order valence-corrected chi connectivity index (χ1v) is 9.72. The first-order chi connectivity index (χ1) is 14.1. The van der Waals surface area contributed by atoms with Crippen LogP contribution in [0.15, 0.2) is 24.3 Å². The molecule has 1 saturated heterocycles. The lowest BCUT2D eigenvalue weighted by molar-refractivity contribution is -0.119. The largest absolute Gasteiger partial charge is 0.342 e. The van der Waals surface area contributed by atoms with E-state index in [9.17, 15) is 18.8 Å². The van der Waals surface area contributed by atoms with Crippen molar-refractivity contribution < 1.29 is 18.8 Å². The van der Waals surface area contributed by atoms with Gasteiger partial charge in [0.15, 0.2) is 5.82 Å². The lowest BCUT2D eigenvalue weighted by atomic mass is 10.1. The van der Waals surface area contributed by atoms with Crippen molar-refractivity contribution >= 4 is 23.9 Å². The summed E-state index contributed by atoms with van der Waals surface area (Å²) in [6.07, 6.45) is 3.29. The van der Waals surface area contributed by atoms with Gasteiger partial charge in [-0.2, -0.15) is 0 Å². The third-order valence-corrected chi connectivity index (χ3v) is 5.36. The van der Waals surface area contributed by atoms with Gasteiger partial charge in [0.1, 0.15) is 11.5 Å². The number of fused-ring (bicyclic) bond motifs is 1. The van der Waals surface area contributed by atoms with Gasteiger partial charge >= 0.3 is 0 Å². The summed E-state index contributed by atoms with van der Waals surface area (Å²) < 4.78 is 15.2. The summed E-state index contributed by atoms with van der Waals surface area (Å²) in [5.41, 5.74) is 1.40. The number of benzene rings is 1. The number of halogens is 1. The van der Waals surface area contributed by atoms with Crippen molar-refractivity contribution in [1.82, 2.24) is 19.4 Å². The number of carbonyl (C=O) groups is 3. The van der Waals surface area contributed by atoms with E-state index in [-0.39, 0.29) is 11.7 Å². The van der Waals surface area contributed by atoms with Crippen LogP contribution in [-0.4, -0.2) is 63.8 Å². The molecule has 0 spiro atoms. The third-order valence-electron chi connectivity index (χ3n) is 5.36. The van der Waals surface area contributed by atoms with Gasteiger partial charge in [-0.3, -0.25) is 14.4 Å². The number of carbonyl (C=O) groups excluding carboxylic acids is 3. The molecule has 0 aliphatic carbocycles. The van der Waals surface area contributed by atoms with E-state index in [2.05, 4.69) is 10.3 Å². The Bertz CT molecular complexity index is 950. The second-order valence-corrected chi connectivity index (χ2v) is 7.24. The fourth-order valence-electron chi connectivity index (χ4n) is 3.82. The quantitative estimate of drug-likeness (QED) is 0.790. The summed E-state index contributed by atoms with van der Waals surface area (Å²) in [5.74, 6) is -0.966. The maximum Gasteiger partial charge on any atom is 0.291 e. The number of nitrogens with one attached hydrogen (secondary N) is 1. The van der Waals surface area contributed by atoms with Gasteiger partial charge in [-0.25, -0.2) is 9.37 Å². The summed E-state index contributed by atoms with van der Waals surface area (Å²) in [5, 5.41) is 2.66. The molecule has 0 bridgehead atoms. The molecule has 1 aromatic heterocycles. The Kier molecular flexibility index (Phi) is 5.28. The first-order valence-electron chi connectivity index (χ1n) is 9.72. The number of piperazine rings is 1. The van der Waals surface area contributed by atoms with Crippen molar-refractivity contribution in [2.24, 2.45) is 0 Å². The van der Waals surface area contributed by atoms with E-state index in [1.807, 2.05) is 0 Å². The predicted octanol–water partition coefficient (Wildman–Crippen LogP) is 1.52. The molecule has 152 valence electrons. The number of hydrogen-bond acceptors (Lipinski definition) is 4. The molecule has 8 nitrogen and oxygen atoms in total. The van der Waals surface area contributed by atoms with Crippen molar-refractivity contribution in [1.29, 1.82) is 0 Å². The zero-order valence-electron chi connectivity index (χ0n) is 15.9. The minimum absolute atomic E-state index is 0.166. The van der Waals surface area contributed by atoms with Gasteiger partial charge in [-0.1, -0.05) is 6.07 Å². The Morgan fingerprint density at radius 1 is 1.10 bits per heavy atom. The van der Waals surface area contributed by atoms with Gasteiger partial charge in [-0.15, -0.1) is 0 Å². The van der Waals surface area contributed by atoms with Gasteiger partial charge < -0.3 is 19.7 Å². The van der Waals surface area contributed by atoms with Crippen molar-refractivity contribution in [2.75, 3.05) is 31.5 Å². The highest BCUT2D eigenvalue weighted by molar-refractivity contribution is 6.03. The molecule has 9 heteroatoms. The van der Waals surface area contributed by atoms with Crippen molar-refractivity contribution in [3.63, 3.8) is 0 Å². The van der Waals surface area contributed by atoms with Crippen LogP contribution in [0.3, 0.4) is 0 Å². The second kappa shape index (κ2) is 8.02. The number of hydrogen-bond donors (Lipinski definition) is 1. The lowest BCUT2D eigenvalue weighted by Crippen LogP contribution is -2.48. The highest BCUT2D eigenvalue weighted by Gasteiger charge is 2.31. The van der Waals surface area contributed by atoms with E-state index in [0.717, 1.165) is 24.9 Å². The average Bonchev–Trinajstić information content (AvgIpc) is 3.13. The standard InChI is InChI=1S/C20H22FN5O3/c21-14-4-3-5-15(12-14)22-19(28)18-23-17(16-6-1-2-7-26(16)18)20(29)25-10-8-24(13-27)9-11-25/h3-5,12-13H,1-2,6-11H2,(H,22,28). The molecule has 4 rings (SSSR count). The van der Waals surface area contributed by atoms with E-state index in [0.29, 0.717) is 50.5 Å². The number of nitrogens with zero attached hydrogens (tertiary/aromatic N) is 4. The molecule has 0 unspecified atom stereocenters. The maximum atomic E-state index is 13.4. The first kappa shape index (κ1) is 19.1. The SMILES string of the molecule is O=CN1CCN(C(=O)c2nc(C(=O)Nc3cccc(F)c3)n3c2CCCC3)CC1. The summed E-state index contributed by atoms with van der Waals surface area (Å²) in [7, 11) is 0. The molecule has 29 heavy (non-hydrogen) atoms. The van der Waals surface area contributed by atoms with Gasteiger partial charge in [0.05, 0.1) is 5.69 Å². The highest BCUT2D eigenvalue weighted by Crippen LogP contribution is 2.23. The molecular weight excluding hydrogens is 377 g/mol. The molecule has 2 aliphatic heterocycles.